The van der Waals surface area contributed by atoms with Gasteiger partial charge in [-0.25, -0.2) is 0 Å². The number of carbonyl (C=O) groups is 2. The lowest BCUT2D eigenvalue weighted by atomic mass is 10.1. The Bertz CT molecular complexity index is 1260. The van der Waals surface area contributed by atoms with E-state index < -0.39 is 5.91 Å². The van der Waals surface area contributed by atoms with Gasteiger partial charge in [-0.1, -0.05) is 59.3 Å². The third kappa shape index (κ3) is 6.38. The number of nitrogens with zero attached hydrogens (tertiary/aromatic N) is 2. The first-order valence-corrected chi connectivity index (χ1v) is 11.2. The van der Waals surface area contributed by atoms with Gasteiger partial charge < -0.3 is 15.4 Å². The van der Waals surface area contributed by atoms with Crippen LogP contribution >= 0.6 is 22.9 Å². The first-order valence-electron chi connectivity index (χ1n) is 10.0. The second kappa shape index (κ2) is 10.7. The molecule has 2 amide bonds. The zero-order valence-corrected chi connectivity index (χ0v) is 18.9. The fourth-order valence-electron chi connectivity index (χ4n) is 2.92. The van der Waals surface area contributed by atoms with Crippen molar-refractivity contribution >= 4 is 40.4 Å². The molecule has 0 aliphatic rings. The van der Waals surface area contributed by atoms with E-state index in [1.165, 1.54) is 0 Å². The van der Waals surface area contributed by atoms with Gasteiger partial charge in [-0.2, -0.15) is 0 Å². The number of nitrogens with one attached hydrogen (secondary N) is 2. The first kappa shape index (κ1) is 22.4. The maximum atomic E-state index is 12.6. The van der Waals surface area contributed by atoms with Crippen molar-refractivity contribution in [1.29, 1.82) is 0 Å². The average Bonchev–Trinajstić information content (AvgIpc) is 3.31. The van der Waals surface area contributed by atoms with Crippen LogP contribution in [0, 0.1) is 0 Å². The first-order chi connectivity index (χ1) is 16.1. The van der Waals surface area contributed by atoms with Crippen molar-refractivity contribution in [3.8, 4) is 5.75 Å². The summed E-state index contributed by atoms with van der Waals surface area (Å²) in [5.74, 6) is 0.0430. The molecule has 0 unspecified atom stereocenters. The molecule has 166 valence electrons. The second-order valence-electron chi connectivity index (χ2n) is 6.95. The van der Waals surface area contributed by atoms with E-state index in [9.17, 15) is 9.59 Å². The second-order valence-corrected chi connectivity index (χ2v) is 8.45. The molecule has 0 spiro atoms. The van der Waals surface area contributed by atoms with Gasteiger partial charge in [0.05, 0.1) is 0 Å². The van der Waals surface area contributed by atoms with E-state index in [4.69, 9.17) is 16.3 Å². The molecule has 0 aliphatic carbocycles. The van der Waals surface area contributed by atoms with Crippen molar-refractivity contribution in [3.63, 3.8) is 0 Å². The minimum atomic E-state index is -0.407. The molecule has 2 N–H and O–H groups in total. The lowest BCUT2D eigenvalue weighted by Gasteiger charge is -2.08. The van der Waals surface area contributed by atoms with Crippen LogP contribution in [0.25, 0.3) is 0 Å². The van der Waals surface area contributed by atoms with Gasteiger partial charge >= 0.3 is 0 Å². The fraction of sp³-hybridized carbons (Fsp3) is 0.0833. The van der Waals surface area contributed by atoms with Gasteiger partial charge in [0.15, 0.2) is 5.01 Å². The molecule has 0 saturated carbocycles. The molecule has 4 rings (SSSR count). The Kier molecular flexibility index (Phi) is 7.29. The Labute approximate surface area is 199 Å². The van der Waals surface area contributed by atoms with Gasteiger partial charge in [0, 0.05) is 22.8 Å². The zero-order chi connectivity index (χ0) is 23.0. The summed E-state index contributed by atoms with van der Waals surface area (Å²) in [4.78, 5) is 25.1. The largest absolute Gasteiger partial charge is 0.486 e. The summed E-state index contributed by atoms with van der Waals surface area (Å²) < 4.78 is 5.63. The highest BCUT2D eigenvalue weighted by atomic mass is 35.5. The van der Waals surface area contributed by atoms with Crippen LogP contribution in [0.1, 0.15) is 30.7 Å². The molecular formula is C24H19ClN4O3S. The van der Waals surface area contributed by atoms with Crippen molar-refractivity contribution in [2.75, 3.05) is 5.32 Å². The van der Waals surface area contributed by atoms with Crippen LogP contribution in [0.5, 0.6) is 5.75 Å². The van der Waals surface area contributed by atoms with E-state index in [-0.39, 0.29) is 17.5 Å². The number of carbonyl (C=O) groups excluding carboxylic acids is 2. The highest BCUT2D eigenvalue weighted by Gasteiger charge is 2.14. The van der Waals surface area contributed by atoms with Crippen molar-refractivity contribution in [3.05, 3.63) is 105 Å². The molecular weight excluding hydrogens is 460 g/mol. The lowest BCUT2D eigenvalue weighted by Crippen LogP contribution is -2.23. The Hall–Kier alpha value is -3.75. The zero-order valence-electron chi connectivity index (χ0n) is 17.3. The van der Waals surface area contributed by atoms with Crippen LogP contribution in [-0.4, -0.2) is 22.0 Å². The summed E-state index contributed by atoms with van der Waals surface area (Å²) in [6.07, 6.45) is 0. The normalized spacial score (nSPS) is 10.5. The third-order valence-corrected chi connectivity index (χ3v) is 5.62. The monoisotopic (exact) mass is 478 g/mol. The van der Waals surface area contributed by atoms with Crippen LogP contribution in [0.2, 0.25) is 5.02 Å². The predicted molar refractivity (Wildman–Crippen MR) is 128 cm³/mol. The topological polar surface area (TPSA) is 93.2 Å². The summed E-state index contributed by atoms with van der Waals surface area (Å²) in [6.45, 7) is 0.561. The average molecular weight is 479 g/mol. The molecule has 0 fully saturated rings. The smallest absolute Gasteiger partial charge is 0.286 e. The van der Waals surface area contributed by atoms with Gasteiger partial charge in [-0.3, -0.25) is 9.59 Å². The number of benzene rings is 3. The number of para-hydroxylation sites is 1. The third-order valence-electron chi connectivity index (χ3n) is 4.49. The molecule has 0 aliphatic heterocycles. The number of aromatic nitrogens is 2. The van der Waals surface area contributed by atoms with Crippen LogP contribution in [0.4, 0.5) is 5.69 Å². The van der Waals surface area contributed by atoms with Crippen molar-refractivity contribution in [2.45, 2.75) is 13.2 Å². The SMILES string of the molecule is O=C(NCc1cccc(Cl)c1)c1cccc(NC(=O)c2nnc(COc3ccccc3)s2)c1. The van der Waals surface area contributed by atoms with Gasteiger partial charge in [0.2, 0.25) is 5.01 Å². The molecule has 0 radical (unpaired) electrons. The van der Waals surface area contributed by atoms with E-state index in [1.54, 1.807) is 36.4 Å². The molecule has 33 heavy (non-hydrogen) atoms. The van der Waals surface area contributed by atoms with Crippen LogP contribution in [0.3, 0.4) is 0 Å². The summed E-state index contributed by atoms with van der Waals surface area (Å²) in [7, 11) is 0. The van der Waals surface area contributed by atoms with E-state index >= 15 is 0 Å². The molecule has 1 heterocycles. The van der Waals surface area contributed by atoms with Crippen molar-refractivity contribution in [2.24, 2.45) is 0 Å². The fourth-order valence-corrected chi connectivity index (χ4v) is 3.78. The minimum Gasteiger partial charge on any atom is -0.486 e. The van der Waals surface area contributed by atoms with Crippen LogP contribution in [0.15, 0.2) is 78.9 Å². The van der Waals surface area contributed by atoms with E-state index in [1.807, 2.05) is 42.5 Å². The number of hydrogen-bond acceptors (Lipinski definition) is 6. The Morgan fingerprint density at radius 3 is 2.55 bits per heavy atom. The van der Waals surface area contributed by atoms with Gasteiger partial charge in [-0.15, -0.1) is 10.2 Å². The Balaban J connectivity index is 1.33. The Morgan fingerprint density at radius 1 is 0.909 bits per heavy atom. The molecule has 1 aromatic heterocycles. The molecule has 7 nitrogen and oxygen atoms in total. The molecule has 4 aromatic rings. The quantitative estimate of drug-likeness (QED) is 0.373. The molecule has 3 aromatic carbocycles. The number of hydrogen-bond donors (Lipinski definition) is 2. The van der Waals surface area contributed by atoms with E-state index in [2.05, 4.69) is 20.8 Å². The van der Waals surface area contributed by atoms with Crippen LogP contribution in [-0.2, 0) is 13.2 Å². The van der Waals surface area contributed by atoms with E-state index in [0.29, 0.717) is 33.6 Å². The summed E-state index contributed by atoms with van der Waals surface area (Å²) in [5, 5.41) is 14.9. The highest BCUT2D eigenvalue weighted by Crippen LogP contribution is 2.17. The van der Waals surface area contributed by atoms with Crippen LogP contribution < -0.4 is 15.4 Å². The Morgan fingerprint density at radius 2 is 1.73 bits per heavy atom. The number of anilines is 1. The number of ether oxygens (including phenoxy) is 1. The lowest BCUT2D eigenvalue weighted by molar-refractivity contribution is 0.0949. The molecule has 0 saturated heterocycles. The number of amides is 2. The maximum absolute atomic E-state index is 12.6. The summed E-state index contributed by atoms with van der Waals surface area (Å²) >= 11 is 7.12. The summed E-state index contributed by atoms with van der Waals surface area (Å²) in [6, 6.07) is 23.3. The standard InChI is InChI=1S/C24H19ClN4O3S/c25-18-8-4-6-16(12-18)14-26-22(30)17-7-5-9-19(13-17)27-23(31)24-29-28-21(33-24)15-32-20-10-2-1-3-11-20/h1-13H,14-15H2,(H,26,30)(H,27,31). The molecule has 0 atom stereocenters. The van der Waals surface area contributed by atoms with E-state index in [0.717, 1.165) is 16.9 Å². The number of halogens is 1. The van der Waals surface area contributed by atoms with Crippen molar-refractivity contribution < 1.29 is 14.3 Å². The van der Waals surface area contributed by atoms with Crippen molar-refractivity contribution in [1.82, 2.24) is 15.5 Å². The van der Waals surface area contributed by atoms with Gasteiger partial charge in [0.25, 0.3) is 11.8 Å². The predicted octanol–water partition coefficient (Wildman–Crippen LogP) is 4.95. The molecule has 9 heteroatoms. The number of rotatable bonds is 8. The van der Waals surface area contributed by atoms with Gasteiger partial charge in [-0.05, 0) is 48.0 Å². The molecule has 0 bridgehead atoms. The van der Waals surface area contributed by atoms with Gasteiger partial charge in [0.1, 0.15) is 12.4 Å². The highest BCUT2D eigenvalue weighted by molar-refractivity contribution is 7.13. The maximum Gasteiger partial charge on any atom is 0.286 e. The minimum absolute atomic E-state index is 0.206. The summed E-state index contributed by atoms with van der Waals surface area (Å²) in [5.41, 5.74) is 1.79.